The lowest BCUT2D eigenvalue weighted by atomic mass is 10.1. The summed E-state index contributed by atoms with van der Waals surface area (Å²) in [5, 5.41) is 10.6. The fourth-order valence-electron chi connectivity index (χ4n) is 3.09. The number of aryl methyl sites for hydroxylation is 1. The Morgan fingerprint density at radius 3 is 2.67 bits per heavy atom. The number of nitrogens with one attached hydrogen (secondary N) is 1. The third-order valence-electron chi connectivity index (χ3n) is 4.41. The van der Waals surface area contributed by atoms with Crippen LogP contribution in [0.3, 0.4) is 0 Å². The second-order valence-corrected chi connectivity index (χ2v) is 5.95. The molecule has 1 fully saturated rings. The summed E-state index contributed by atoms with van der Waals surface area (Å²) in [7, 11) is 0. The van der Waals surface area contributed by atoms with Crippen LogP contribution >= 0.6 is 0 Å². The first-order chi connectivity index (χ1) is 11.7. The first kappa shape index (κ1) is 14.6. The van der Waals surface area contributed by atoms with Gasteiger partial charge in [0.25, 0.3) is 5.91 Å². The van der Waals surface area contributed by atoms with Gasteiger partial charge in [-0.25, -0.2) is 4.98 Å². The highest BCUT2D eigenvalue weighted by Crippen LogP contribution is 2.19. The van der Waals surface area contributed by atoms with Gasteiger partial charge in [-0.15, -0.1) is 0 Å². The number of H-pyrrole nitrogens is 1. The number of carbonyl (C=O) groups is 1. The molecule has 1 amide bonds. The minimum atomic E-state index is 0.0392. The van der Waals surface area contributed by atoms with Gasteiger partial charge >= 0.3 is 0 Å². The average molecular weight is 322 g/mol. The SMILES string of the molecule is Cc1cccnc1N1CCN(C(=O)c2ccc3n[nH]nc3c2)CC1. The standard InChI is InChI=1S/C17H18N6O/c1-12-3-2-6-18-16(12)22-7-9-23(10-8-22)17(24)13-4-5-14-15(11-13)20-21-19-14/h2-6,11H,7-10H2,1H3,(H,19,20,21). The maximum absolute atomic E-state index is 12.7. The summed E-state index contributed by atoms with van der Waals surface area (Å²) in [5.74, 6) is 1.05. The predicted octanol–water partition coefficient (Wildman–Crippen LogP) is 1.62. The van der Waals surface area contributed by atoms with Crippen LogP contribution in [-0.2, 0) is 0 Å². The lowest BCUT2D eigenvalue weighted by Gasteiger charge is -2.36. The molecule has 3 aromatic rings. The van der Waals surface area contributed by atoms with E-state index in [1.807, 2.05) is 29.3 Å². The van der Waals surface area contributed by atoms with Crippen LogP contribution in [-0.4, -0.2) is 57.4 Å². The van der Waals surface area contributed by atoms with E-state index in [0.717, 1.165) is 30.0 Å². The van der Waals surface area contributed by atoms with Gasteiger partial charge in [0.05, 0.1) is 0 Å². The van der Waals surface area contributed by atoms with Crippen LogP contribution in [0.1, 0.15) is 15.9 Å². The molecule has 24 heavy (non-hydrogen) atoms. The number of amides is 1. The highest BCUT2D eigenvalue weighted by atomic mass is 16.2. The second-order valence-electron chi connectivity index (χ2n) is 5.95. The van der Waals surface area contributed by atoms with Crippen LogP contribution in [0.25, 0.3) is 11.0 Å². The molecule has 0 unspecified atom stereocenters. The fraction of sp³-hybridized carbons (Fsp3) is 0.294. The van der Waals surface area contributed by atoms with Crippen molar-refractivity contribution in [3.63, 3.8) is 0 Å². The molecule has 1 N–H and O–H groups in total. The third-order valence-corrected chi connectivity index (χ3v) is 4.41. The highest BCUT2D eigenvalue weighted by Gasteiger charge is 2.23. The zero-order valence-corrected chi connectivity index (χ0v) is 13.4. The molecule has 122 valence electrons. The number of piperazine rings is 1. The summed E-state index contributed by atoms with van der Waals surface area (Å²) in [6, 6.07) is 9.42. The van der Waals surface area contributed by atoms with Crippen LogP contribution in [0.2, 0.25) is 0 Å². The molecule has 1 aromatic carbocycles. The van der Waals surface area contributed by atoms with Crippen molar-refractivity contribution in [2.45, 2.75) is 6.92 Å². The Hall–Kier alpha value is -2.96. The van der Waals surface area contributed by atoms with Crippen LogP contribution in [0.5, 0.6) is 0 Å². The average Bonchev–Trinajstić information content (AvgIpc) is 3.09. The Balaban J connectivity index is 1.47. The molecule has 0 bridgehead atoms. The number of anilines is 1. The molecule has 1 aliphatic heterocycles. The van der Waals surface area contributed by atoms with Gasteiger partial charge in [0, 0.05) is 37.9 Å². The molecule has 0 atom stereocenters. The number of carbonyl (C=O) groups excluding carboxylic acids is 1. The zero-order chi connectivity index (χ0) is 16.5. The van der Waals surface area contributed by atoms with Crippen molar-refractivity contribution in [3.8, 4) is 0 Å². The Morgan fingerprint density at radius 2 is 1.88 bits per heavy atom. The van der Waals surface area contributed by atoms with Gasteiger partial charge in [0.15, 0.2) is 0 Å². The van der Waals surface area contributed by atoms with E-state index >= 15 is 0 Å². The lowest BCUT2D eigenvalue weighted by Crippen LogP contribution is -2.49. The van der Waals surface area contributed by atoms with E-state index in [-0.39, 0.29) is 5.91 Å². The summed E-state index contributed by atoms with van der Waals surface area (Å²) in [5.41, 5.74) is 3.29. The minimum absolute atomic E-state index is 0.0392. The molecular weight excluding hydrogens is 304 g/mol. The number of nitrogens with zero attached hydrogens (tertiary/aromatic N) is 5. The first-order valence-corrected chi connectivity index (χ1v) is 7.99. The normalized spacial score (nSPS) is 15.0. The largest absolute Gasteiger partial charge is 0.353 e. The van der Waals surface area contributed by atoms with Crippen molar-refractivity contribution >= 4 is 22.8 Å². The second kappa shape index (κ2) is 5.92. The highest BCUT2D eigenvalue weighted by molar-refractivity contribution is 5.97. The van der Waals surface area contributed by atoms with E-state index in [2.05, 4.69) is 38.3 Å². The van der Waals surface area contributed by atoms with E-state index in [1.165, 1.54) is 0 Å². The number of benzene rings is 1. The minimum Gasteiger partial charge on any atom is -0.353 e. The van der Waals surface area contributed by atoms with Crippen molar-refractivity contribution in [3.05, 3.63) is 47.7 Å². The maximum atomic E-state index is 12.7. The number of fused-ring (bicyclic) bond motifs is 1. The quantitative estimate of drug-likeness (QED) is 0.776. The Bertz CT molecular complexity index is 881. The molecular formula is C17H18N6O. The van der Waals surface area contributed by atoms with Gasteiger partial charge in [-0.3, -0.25) is 4.79 Å². The number of aromatic nitrogens is 4. The summed E-state index contributed by atoms with van der Waals surface area (Å²) in [6.45, 7) is 5.01. The number of aromatic amines is 1. The number of hydrogen-bond donors (Lipinski definition) is 1. The van der Waals surface area contributed by atoms with Crippen LogP contribution in [0.4, 0.5) is 5.82 Å². The number of rotatable bonds is 2. The third kappa shape index (κ3) is 2.58. The van der Waals surface area contributed by atoms with E-state index in [0.29, 0.717) is 24.2 Å². The Kier molecular flexibility index (Phi) is 3.60. The molecule has 1 aliphatic rings. The number of pyridine rings is 1. The van der Waals surface area contributed by atoms with Crippen molar-refractivity contribution in [1.29, 1.82) is 0 Å². The van der Waals surface area contributed by atoms with E-state index < -0.39 is 0 Å². The van der Waals surface area contributed by atoms with Gasteiger partial charge in [-0.2, -0.15) is 15.4 Å². The molecule has 3 heterocycles. The molecule has 7 heteroatoms. The maximum Gasteiger partial charge on any atom is 0.254 e. The van der Waals surface area contributed by atoms with Crippen LogP contribution < -0.4 is 4.90 Å². The summed E-state index contributed by atoms with van der Waals surface area (Å²) in [4.78, 5) is 21.3. The molecule has 0 saturated carbocycles. The first-order valence-electron chi connectivity index (χ1n) is 7.99. The van der Waals surface area contributed by atoms with Gasteiger partial charge in [0.1, 0.15) is 16.9 Å². The Labute approximate surface area is 139 Å². The molecule has 0 aliphatic carbocycles. The molecule has 7 nitrogen and oxygen atoms in total. The summed E-state index contributed by atoms with van der Waals surface area (Å²) >= 11 is 0. The van der Waals surface area contributed by atoms with Gasteiger partial charge in [0.2, 0.25) is 0 Å². The van der Waals surface area contributed by atoms with Crippen molar-refractivity contribution in [2.24, 2.45) is 0 Å². The molecule has 1 saturated heterocycles. The van der Waals surface area contributed by atoms with E-state index in [1.54, 1.807) is 6.07 Å². The molecule has 0 spiro atoms. The van der Waals surface area contributed by atoms with Crippen molar-refractivity contribution in [2.75, 3.05) is 31.1 Å². The van der Waals surface area contributed by atoms with E-state index in [9.17, 15) is 4.79 Å². The fourth-order valence-corrected chi connectivity index (χ4v) is 3.09. The van der Waals surface area contributed by atoms with Crippen LogP contribution in [0, 0.1) is 6.92 Å². The van der Waals surface area contributed by atoms with E-state index in [4.69, 9.17) is 0 Å². The predicted molar refractivity (Wildman–Crippen MR) is 91.0 cm³/mol. The lowest BCUT2D eigenvalue weighted by molar-refractivity contribution is 0.0746. The van der Waals surface area contributed by atoms with Gasteiger partial charge < -0.3 is 9.80 Å². The topological polar surface area (TPSA) is 78.0 Å². The monoisotopic (exact) mass is 322 g/mol. The van der Waals surface area contributed by atoms with Crippen molar-refractivity contribution < 1.29 is 4.79 Å². The van der Waals surface area contributed by atoms with Gasteiger partial charge in [-0.05, 0) is 36.8 Å². The zero-order valence-electron chi connectivity index (χ0n) is 13.4. The summed E-state index contributed by atoms with van der Waals surface area (Å²) in [6.07, 6.45) is 1.81. The number of hydrogen-bond acceptors (Lipinski definition) is 5. The molecule has 0 radical (unpaired) electrons. The van der Waals surface area contributed by atoms with Gasteiger partial charge in [-0.1, -0.05) is 6.07 Å². The van der Waals surface area contributed by atoms with Crippen molar-refractivity contribution in [1.82, 2.24) is 25.3 Å². The molecule has 4 rings (SSSR count). The summed E-state index contributed by atoms with van der Waals surface area (Å²) < 4.78 is 0. The smallest absolute Gasteiger partial charge is 0.254 e. The Morgan fingerprint density at radius 1 is 1.08 bits per heavy atom. The molecule has 2 aromatic heterocycles. The van der Waals surface area contributed by atoms with Crippen LogP contribution in [0.15, 0.2) is 36.5 Å².